The van der Waals surface area contributed by atoms with Gasteiger partial charge >= 0.3 is 12.4 Å². The summed E-state index contributed by atoms with van der Waals surface area (Å²) in [7, 11) is 0. The summed E-state index contributed by atoms with van der Waals surface area (Å²) in [6.45, 7) is 1.30. The first-order chi connectivity index (χ1) is 17.5. The van der Waals surface area contributed by atoms with Crippen LogP contribution in [-0.2, 0) is 28.4 Å². The quantitative estimate of drug-likeness (QED) is 0.247. The number of morpholine rings is 1. The van der Waals surface area contributed by atoms with Crippen LogP contribution in [0.1, 0.15) is 33.9 Å². The molecule has 1 fully saturated rings. The SMILES string of the molecule is Fc1ccc([C@@H]2[C@@H](OC=Cc3cc(C(F)(F)F)cc(C(F)(F)F)c3)OCCN2Cc2ccccc2)cc1. The van der Waals surface area contributed by atoms with E-state index in [0.29, 0.717) is 30.8 Å². The van der Waals surface area contributed by atoms with Crippen molar-refractivity contribution in [2.24, 2.45) is 0 Å². The first-order valence-electron chi connectivity index (χ1n) is 11.3. The number of benzene rings is 3. The molecular weight excluding hydrogens is 503 g/mol. The molecule has 0 aliphatic carbocycles. The second-order valence-electron chi connectivity index (χ2n) is 8.47. The average Bonchev–Trinajstić information content (AvgIpc) is 2.84. The smallest absolute Gasteiger partial charge is 0.416 e. The lowest BCUT2D eigenvalue weighted by molar-refractivity contribution is -0.187. The topological polar surface area (TPSA) is 21.7 Å². The van der Waals surface area contributed by atoms with Gasteiger partial charge in [0.2, 0.25) is 6.29 Å². The molecule has 1 heterocycles. The molecule has 3 aromatic rings. The Morgan fingerprint density at radius 3 is 2.08 bits per heavy atom. The van der Waals surface area contributed by atoms with Crippen LogP contribution in [0.3, 0.4) is 0 Å². The molecule has 0 bridgehead atoms. The minimum Gasteiger partial charge on any atom is -0.470 e. The second-order valence-corrected chi connectivity index (χ2v) is 8.47. The highest BCUT2D eigenvalue weighted by Crippen LogP contribution is 2.37. The van der Waals surface area contributed by atoms with Crippen LogP contribution in [0.25, 0.3) is 6.08 Å². The molecule has 1 saturated heterocycles. The van der Waals surface area contributed by atoms with E-state index in [9.17, 15) is 30.7 Å². The molecule has 37 heavy (non-hydrogen) atoms. The Hall–Kier alpha value is -3.37. The summed E-state index contributed by atoms with van der Waals surface area (Å²) in [4.78, 5) is 2.05. The number of alkyl halides is 6. The molecule has 0 amide bonds. The molecule has 1 aliphatic heterocycles. The zero-order chi connectivity index (χ0) is 26.6. The first-order valence-corrected chi connectivity index (χ1v) is 11.3. The van der Waals surface area contributed by atoms with Crippen molar-refractivity contribution in [2.75, 3.05) is 13.2 Å². The van der Waals surface area contributed by atoms with Crippen molar-refractivity contribution in [3.05, 3.63) is 113 Å². The van der Waals surface area contributed by atoms with Gasteiger partial charge in [-0.2, -0.15) is 26.3 Å². The number of hydrogen-bond acceptors (Lipinski definition) is 3. The number of halogens is 7. The lowest BCUT2D eigenvalue weighted by atomic mass is 10.0. The fourth-order valence-corrected chi connectivity index (χ4v) is 4.10. The molecule has 0 N–H and O–H groups in total. The van der Waals surface area contributed by atoms with Gasteiger partial charge in [0.1, 0.15) is 5.82 Å². The third-order valence-corrected chi connectivity index (χ3v) is 5.84. The highest BCUT2D eigenvalue weighted by molar-refractivity contribution is 5.52. The Labute approximate surface area is 208 Å². The summed E-state index contributed by atoms with van der Waals surface area (Å²) in [5.41, 5.74) is -1.50. The summed E-state index contributed by atoms with van der Waals surface area (Å²) < 4.78 is 104. The van der Waals surface area contributed by atoms with Crippen molar-refractivity contribution in [3.8, 4) is 0 Å². The van der Waals surface area contributed by atoms with Gasteiger partial charge < -0.3 is 9.47 Å². The summed E-state index contributed by atoms with van der Waals surface area (Å²) >= 11 is 0. The van der Waals surface area contributed by atoms with Gasteiger partial charge in [0.25, 0.3) is 0 Å². The predicted octanol–water partition coefficient (Wildman–Crippen LogP) is 7.45. The van der Waals surface area contributed by atoms with Crippen LogP contribution in [0.5, 0.6) is 0 Å². The molecule has 0 spiro atoms. The van der Waals surface area contributed by atoms with Crippen molar-refractivity contribution < 1.29 is 40.2 Å². The first kappa shape index (κ1) is 26.7. The molecule has 4 rings (SSSR count). The minimum absolute atomic E-state index is 0.0640. The predicted molar refractivity (Wildman–Crippen MR) is 122 cm³/mol. The standard InChI is InChI=1S/C27H22F7NO2/c28-23-8-6-20(7-9-23)24-25(37-13-11-35(24)17-18-4-2-1-3-5-18)36-12-10-19-14-21(26(29,30)31)16-22(15-19)27(32,33)34/h1-10,12,14-16,24-25H,11,13,17H2/t24-,25+/m1/s1. The van der Waals surface area contributed by atoms with E-state index >= 15 is 0 Å². The zero-order valence-electron chi connectivity index (χ0n) is 19.3. The van der Waals surface area contributed by atoms with Gasteiger partial charge in [-0.3, -0.25) is 4.90 Å². The van der Waals surface area contributed by atoms with Gasteiger partial charge in [0.05, 0.1) is 30.0 Å². The van der Waals surface area contributed by atoms with Crippen LogP contribution in [0.15, 0.2) is 79.1 Å². The maximum absolute atomic E-state index is 13.6. The van der Waals surface area contributed by atoms with E-state index in [1.54, 1.807) is 12.1 Å². The van der Waals surface area contributed by atoms with Crippen molar-refractivity contribution in [1.82, 2.24) is 4.90 Å². The molecule has 0 saturated carbocycles. The van der Waals surface area contributed by atoms with Crippen molar-refractivity contribution in [1.29, 1.82) is 0 Å². The molecule has 0 radical (unpaired) electrons. The largest absolute Gasteiger partial charge is 0.470 e. The molecule has 3 nitrogen and oxygen atoms in total. The van der Waals surface area contributed by atoms with Gasteiger partial charge in [-0.1, -0.05) is 42.5 Å². The van der Waals surface area contributed by atoms with E-state index in [0.717, 1.165) is 17.9 Å². The summed E-state index contributed by atoms with van der Waals surface area (Å²) in [5.74, 6) is -0.433. The molecule has 0 unspecified atom stereocenters. The maximum atomic E-state index is 13.6. The van der Waals surface area contributed by atoms with Crippen LogP contribution < -0.4 is 0 Å². The highest BCUT2D eigenvalue weighted by atomic mass is 19.4. The van der Waals surface area contributed by atoms with Crippen LogP contribution >= 0.6 is 0 Å². The van der Waals surface area contributed by atoms with Crippen molar-refractivity contribution >= 4 is 6.08 Å². The van der Waals surface area contributed by atoms with Gasteiger partial charge in [0, 0.05) is 13.1 Å². The van der Waals surface area contributed by atoms with Crippen molar-refractivity contribution in [3.63, 3.8) is 0 Å². The molecule has 0 aromatic heterocycles. The molecule has 1 aliphatic rings. The van der Waals surface area contributed by atoms with Crippen molar-refractivity contribution in [2.45, 2.75) is 31.2 Å². The number of hydrogen-bond donors (Lipinski definition) is 0. The summed E-state index contributed by atoms with van der Waals surface area (Å²) in [6.07, 6.45) is -8.83. The maximum Gasteiger partial charge on any atom is 0.416 e. The van der Waals surface area contributed by atoms with E-state index in [1.807, 2.05) is 30.3 Å². The normalized spacial score (nSPS) is 19.3. The fraction of sp³-hybridized carbons (Fsp3) is 0.259. The Morgan fingerprint density at radius 1 is 0.865 bits per heavy atom. The Balaban J connectivity index is 1.60. The van der Waals surface area contributed by atoms with E-state index < -0.39 is 41.6 Å². The molecule has 3 aromatic carbocycles. The fourth-order valence-electron chi connectivity index (χ4n) is 4.10. The number of rotatable bonds is 6. The molecular formula is C27H22F7NO2. The van der Waals surface area contributed by atoms with Gasteiger partial charge in [-0.15, -0.1) is 0 Å². The monoisotopic (exact) mass is 525 g/mol. The third-order valence-electron chi connectivity index (χ3n) is 5.84. The minimum atomic E-state index is -4.96. The lowest BCUT2D eigenvalue weighted by Crippen LogP contribution is -2.45. The van der Waals surface area contributed by atoms with E-state index in [2.05, 4.69) is 4.90 Å². The van der Waals surface area contributed by atoms with Gasteiger partial charge in [0.15, 0.2) is 0 Å². The van der Waals surface area contributed by atoms with Crippen LogP contribution in [0.4, 0.5) is 30.7 Å². The molecule has 2 atom stereocenters. The number of ether oxygens (including phenoxy) is 2. The third kappa shape index (κ3) is 6.90. The Bertz CT molecular complexity index is 1180. The second kappa shape index (κ2) is 10.9. The van der Waals surface area contributed by atoms with Crippen LogP contribution in [0, 0.1) is 5.82 Å². The highest BCUT2D eigenvalue weighted by Gasteiger charge is 2.37. The number of nitrogens with zero attached hydrogens (tertiary/aromatic N) is 1. The molecule has 196 valence electrons. The lowest BCUT2D eigenvalue weighted by Gasteiger charge is -2.40. The van der Waals surface area contributed by atoms with Gasteiger partial charge in [-0.05, 0) is 53.1 Å². The summed E-state index contributed by atoms with van der Waals surface area (Å²) in [6, 6.07) is 16.1. The van der Waals surface area contributed by atoms with Crippen LogP contribution in [-0.4, -0.2) is 24.3 Å². The zero-order valence-corrected chi connectivity index (χ0v) is 19.3. The van der Waals surface area contributed by atoms with Crippen LogP contribution in [0.2, 0.25) is 0 Å². The Kier molecular flexibility index (Phi) is 7.89. The van der Waals surface area contributed by atoms with E-state index in [-0.39, 0.29) is 18.2 Å². The molecule has 10 heteroatoms. The summed E-state index contributed by atoms with van der Waals surface area (Å²) in [5, 5.41) is 0. The van der Waals surface area contributed by atoms with E-state index in [1.165, 1.54) is 12.1 Å². The Morgan fingerprint density at radius 2 is 1.49 bits per heavy atom. The van der Waals surface area contributed by atoms with Gasteiger partial charge in [-0.25, -0.2) is 4.39 Å². The average molecular weight is 525 g/mol. The van der Waals surface area contributed by atoms with E-state index in [4.69, 9.17) is 9.47 Å².